The first kappa shape index (κ1) is 16.7. The Morgan fingerprint density at radius 3 is 1.69 bits per heavy atom. The fourth-order valence-electron chi connectivity index (χ4n) is 0.413. The first-order valence-electron chi connectivity index (χ1n) is 3.85. The predicted molar refractivity (Wildman–Crippen MR) is 49.6 cm³/mol. The maximum atomic E-state index is 9.92. The van der Waals surface area contributed by atoms with E-state index in [9.17, 15) is 14.4 Å². The third-order valence-electron chi connectivity index (χ3n) is 1.24. The van der Waals surface area contributed by atoms with Gasteiger partial charge in [-0.1, -0.05) is 6.58 Å². The summed E-state index contributed by atoms with van der Waals surface area (Å²) in [5, 5.41) is 41.3. The van der Waals surface area contributed by atoms with E-state index in [1.165, 1.54) is 0 Å². The second-order valence-corrected chi connectivity index (χ2v) is 2.44. The number of aliphatic hydroxyl groups is 3. The molecule has 0 aromatic carbocycles. The molecule has 8 nitrogen and oxygen atoms in total. The van der Waals surface area contributed by atoms with Crippen LogP contribution in [-0.2, 0) is 14.4 Å². The van der Waals surface area contributed by atoms with E-state index in [1.807, 2.05) is 0 Å². The molecule has 0 radical (unpaired) electrons. The summed E-state index contributed by atoms with van der Waals surface area (Å²) in [4.78, 5) is 28.9. The second-order valence-electron chi connectivity index (χ2n) is 2.44. The molecule has 0 aliphatic carbocycles. The molecule has 16 heavy (non-hydrogen) atoms. The van der Waals surface area contributed by atoms with Gasteiger partial charge >= 0.3 is 11.9 Å². The Hall–Kier alpha value is -1.77. The number of hydrogen-bond donors (Lipinski definition) is 5. The maximum absolute atomic E-state index is 9.92. The SMILES string of the molecule is C=CC(=O)O.O=C[C@H](O)[C@@H](O)[C@H](O)C(=O)O. The number of aliphatic hydroxyl groups excluding tert-OH is 3. The van der Waals surface area contributed by atoms with Crippen LogP contribution in [0.4, 0.5) is 0 Å². The fourth-order valence-corrected chi connectivity index (χ4v) is 0.413. The molecule has 0 amide bonds. The molecule has 0 saturated heterocycles. The van der Waals surface area contributed by atoms with Crippen LogP contribution in [0.2, 0.25) is 0 Å². The van der Waals surface area contributed by atoms with Crippen LogP contribution in [0.25, 0.3) is 0 Å². The van der Waals surface area contributed by atoms with Gasteiger partial charge in [0.05, 0.1) is 0 Å². The van der Waals surface area contributed by atoms with Crippen molar-refractivity contribution in [2.45, 2.75) is 18.3 Å². The largest absolute Gasteiger partial charge is 0.479 e. The molecule has 0 spiro atoms. The lowest BCUT2D eigenvalue weighted by atomic mass is 10.1. The van der Waals surface area contributed by atoms with Gasteiger partial charge in [0.2, 0.25) is 0 Å². The van der Waals surface area contributed by atoms with Crippen molar-refractivity contribution in [2.75, 3.05) is 0 Å². The van der Waals surface area contributed by atoms with E-state index in [-0.39, 0.29) is 6.29 Å². The predicted octanol–water partition coefficient (Wildman–Crippen LogP) is -2.39. The lowest BCUT2D eigenvalue weighted by molar-refractivity contribution is -0.158. The summed E-state index contributed by atoms with van der Waals surface area (Å²) in [5.41, 5.74) is 0. The number of aldehydes is 1. The zero-order chi connectivity index (χ0) is 13.3. The van der Waals surface area contributed by atoms with Crippen LogP contribution in [0.5, 0.6) is 0 Å². The van der Waals surface area contributed by atoms with E-state index < -0.39 is 30.3 Å². The highest BCUT2D eigenvalue weighted by Gasteiger charge is 2.29. The number of carboxylic acid groups (broad SMARTS) is 2. The fraction of sp³-hybridized carbons (Fsp3) is 0.375. The molecule has 3 atom stereocenters. The number of aliphatic carboxylic acids is 2. The van der Waals surface area contributed by atoms with Crippen molar-refractivity contribution < 1.29 is 39.9 Å². The molecule has 0 heterocycles. The van der Waals surface area contributed by atoms with Crippen LogP contribution in [0.1, 0.15) is 0 Å². The Bertz CT molecular complexity index is 261. The van der Waals surface area contributed by atoms with Gasteiger partial charge in [-0.05, 0) is 0 Å². The highest BCUT2D eigenvalue weighted by molar-refractivity contribution is 5.78. The third-order valence-corrected chi connectivity index (χ3v) is 1.24. The van der Waals surface area contributed by atoms with E-state index in [0.717, 1.165) is 6.08 Å². The number of carboxylic acids is 2. The Labute approximate surface area is 90.1 Å². The first-order chi connectivity index (χ1) is 7.27. The zero-order valence-electron chi connectivity index (χ0n) is 8.05. The molecule has 0 bridgehead atoms. The molecular formula is C8H12O8. The Morgan fingerprint density at radius 1 is 1.12 bits per heavy atom. The second kappa shape index (κ2) is 8.53. The lowest BCUT2D eigenvalue weighted by Crippen LogP contribution is -2.42. The summed E-state index contributed by atoms with van der Waals surface area (Å²) in [6.45, 7) is 2.96. The lowest BCUT2D eigenvalue weighted by Gasteiger charge is -2.14. The minimum Gasteiger partial charge on any atom is -0.479 e. The van der Waals surface area contributed by atoms with Gasteiger partial charge in [-0.3, -0.25) is 0 Å². The molecule has 0 aromatic heterocycles. The Kier molecular flexibility index (Phi) is 8.88. The molecule has 0 fully saturated rings. The summed E-state index contributed by atoms with van der Waals surface area (Å²) in [6.07, 6.45) is -5.22. The summed E-state index contributed by atoms with van der Waals surface area (Å²) in [7, 11) is 0. The van der Waals surface area contributed by atoms with Gasteiger partial charge in [0.15, 0.2) is 12.4 Å². The van der Waals surface area contributed by atoms with Crippen LogP contribution in [-0.4, -0.2) is 62.1 Å². The topological polar surface area (TPSA) is 152 Å². The van der Waals surface area contributed by atoms with E-state index in [0.29, 0.717) is 0 Å². The van der Waals surface area contributed by atoms with E-state index >= 15 is 0 Å². The molecular weight excluding hydrogens is 224 g/mol. The maximum Gasteiger partial charge on any atom is 0.335 e. The summed E-state index contributed by atoms with van der Waals surface area (Å²) >= 11 is 0. The molecule has 8 heteroatoms. The number of carbonyl (C=O) groups is 3. The molecule has 0 saturated carbocycles. The van der Waals surface area contributed by atoms with Crippen LogP contribution in [0.15, 0.2) is 12.7 Å². The van der Waals surface area contributed by atoms with Gasteiger partial charge in [-0.25, -0.2) is 9.59 Å². The van der Waals surface area contributed by atoms with Gasteiger partial charge in [0.25, 0.3) is 0 Å². The van der Waals surface area contributed by atoms with Crippen LogP contribution < -0.4 is 0 Å². The zero-order valence-corrected chi connectivity index (χ0v) is 8.05. The molecule has 92 valence electrons. The number of hydrogen-bond acceptors (Lipinski definition) is 6. The summed E-state index contributed by atoms with van der Waals surface area (Å²) < 4.78 is 0. The van der Waals surface area contributed by atoms with Gasteiger partial charge in [0.1, 0.15) is 12.2 Å². The average Bonchev–Trinajstić information content (AvgIpc) is 2.26. The number of carbonyl (C=O) groups excluding carboxylic acids is 1. The standard InChI is InChI=1S/C5H8O6.C3H4O2/c6-1-2(7)3(8)4(9)5(10)11;1-2-3(4)5/h1-4,7-9H,(H,10,11);2H,1H2,(H,4,5)/t2-,3+,4-;/m0./s1. The van der Waals surface area contributed by atoms with Gasteiger partial charge in [0, 0.05) is 6.08 Å². The smallest absolute Gasteiger partial charge is 0.335 e. The first-order valence-corrected chi connectivity index (χ1v) is 3.85. The summed E-state index contributed by atoms with van der Waals surface area (Å²) in [6, 6.07) is 0. The van der Waals surface area contributed by atoms with Crippen LogP contribution in [0, 0.1) is 0 Å². The van der Waals surface area contributed by atoms with Crippen molar-refractivity contribution in [1.29, 1.82) is 0 Å². The quantitative estimate of drug-likeness (QED) is 0.262. The highest BCUT2D eigenvalue weighted by atomic mass is 16.4. The van der Waals surface area contributed by atoms with Crippen LogP contribution >= 0.6 is 0 Å². The molecule has 0 aliphatic heterocycles. The Morgan fingerprint density at radius 2 is 1.50 bits per heavy atom. The van der Waals surface area contributed by atoms with Crippen molar-refractivity contribution in [3.63, 3.8) is 0 Å². The molecule has 5 N–H and O–H groups in total. The number of rotatable bonds is 5. The van der Waals surface area contributed by atoms with Crippen molar-refractivity contribution in [1.82, 2.24) is 0 Å². The summed E-state index contributed by atoms with van der Waals surface area (Å²) in [5.74, 6) is -2.68. The van der Waals surface area contributed by atoms with Crippen molar-refractivity contribution in [3.8, 4) is 0 Å². The molecule has 0 aromatic rings. The van der Waals surface area contributed by atoms with Crippen LogP contribution in [0.3, 0.4) is 0 Å². The van der Waals surface area contributed by atoms with E-state index in [4.69, 9.17) is 25.5 Å². The molecule has 0 aliphatic rings. The molecule has 0 rings (SSSR count). The average molecular weight is 236 g/mol. The normalized spacial score (nSPS) is 14.7. The monoisotopic (exact) mass is 236 g/mol. The third kappa shape index (κ3) is 7.62. The van der Waals surface area contributed by atoms with Gasteiger partial charge in [-0.2, -0.15) is 0 Å². The van der Waals surface area contributed by atoms with Gasteiger partial charge in [-0.15, -0.1) is 0 Å². The minimum absolute atomic E-state index is 0.0587. The Balaban J connectivity index is 0. The molecule has 0 unspecified atom stereocenters. The van der Waals surface area contributed by atoms with Crippen molar-refractivity contribution >= 4 is 18.2 Å². The van der Waals surface area contributed by atoms with E-state index in [1.54, 1.807) is 0 Å². The van der Waals surface area contributed by atoms with Gasteiger partial charge < -0.3 is 30.3 Å². The highest BCUT2D eigenvalue weighted by Crippen LogP contribution is 1.97. The van der Waals surface area contributed by atoms with Crippen molar-refractivity contribution in [2.24, 2.45) is 0 Å². The van der Waals surface area contributed by atoms with E-state index in [2.05, 4.69) is 6.58 Å². The minimum atomic E-state index is -2.14. The van der Waals surface area contributed by atoms with Crippen molar-refractivity contribution in [3.05, 3.63) is 12.7 Å².